The smallest absolute Gasteiger partial charge is 0.239 e. The lowest BCUT2D eigenvalue weighted by Crippen LogP contribution is -2.46. The van der Waals surface area contributed by atoms with Gasteiger partial charge < -0.3 is 15.7 Å². The number of piperidine rings is 1. The van der Waals surface area contributed by atoms with E-state index in [9.17, 15) is 9.90 Å². The molecule has 1 atom stereocenters. The molecule has 3 rings (SSSR count). The summed E-state index contributed by atoms with van der Waals surface area (Å²) >= 11 is 0. The van der Waals surface area contributed by atoms with Gasteiger partial charge in [-0.2, -0.15) is 0 Å². The highest BCUT2D eigenvalue weighted by molar-refractivity contribution is 5.85. The SMILES string of the molecule is CN(CC1CCN(Cc2ccccc2)CC1)C(=O)[C@@H](N)Cc1ccc(O)cc1.Cl.Cl. The molecule has 1 fully saturated rings. The van der Waals surface area contributed by atoms with Crippen molar-refractivity contribution in [2.45, 2.75) is 31.8 Å². The number of hydrogen-bond acceptors (Lipinski definition) is 4. The second-order valence-electron chi connectivity index (χ2n) is 7.90. The predicted molar refractivity (Wildman–Crippen MR) is 126 cm³/mol. The van der Waals surface area contributed by atoms with Crippen LogP contribution in [0.3, 0.4) is 0 Å². The van der Waals surface area contributed by atoms with Gasteiger partial charge in [0.2, 0.25) is 5.91 Å². The maximum atomic E-state index is 12.6. The lowest BCUT2D eigenvalue weighted by atomic mass is 9.95. The number of nitrogens with zero attached hydrogens (tertiary/aromatic N) is 2. The zero-order chi connectivity index (χ0) is 19.9. The fourth-order valence-corrected chi connectivity index (χ4v) is 3.90. The van der Waals surface area contributed by atoms with Crippen LogP contribution in [0, 0.1) is 5.92 Å². The van der Waals surface area contributed by atoms with Crippen LogP contribution in [0.5, 0.6) is 5.75 Å². The van der Waals surface area contributed by atoms with E-state index in [-0.39, 0.29) is 36.5 Å². The van der Waals surface area contributed by atoms with Crippen molar-refractivity contribution in [3.05, 3.63) is 65.7 Å². The Bertz CT molecular complexity index is 751. The molecule has 0 unspecified atom stereocenters. The second-order valence-corrected chi connectivity index (χ2v) is 7.90. The van der Waals surface area contributed by atoms with Crippen molar-refractivity contribution in [1.29, 1.82) is 0 Å². The summed E-state index contributed by atoms with van der Waals surface area (Å²) in [6.07, 6.45) is 2.70. The molecule has 1 saturated heterocycles. The Balaban J connectivity index is 0.00000225. The van der Waals surface area contributed by atoms with E-state index in [0.29, 0.717) is 12.3 Å². The van der Waals surface area contributed by atoms with Gasteiger partial charge in [-0.3, -0.25) is 9.69 Å². The van der Waals surface area contributed by atoms with Crippen LogP contribution in [0.4, 0.5) is 0 Å². The van der Waals surface area contributed by atoms with Gasteiger partial charge in [0.1, 0.15) is 5.75 Å². The number of aromatic hydroxyl groups is 1. The number of amides is 1. The first-order valence-electron chi connectivity index (χ1n) is 10.1. The van der Waals surface area contributed by atoms with Gasteiger partial charge in [-0.25, -0.2) is 0 Å². The summed E-state index contributed by atoms with van der Waals surface area (Å²) in [6.45, 7) is 3.91. The number of phenols is 1. The van der Waals surface area contributed by atoms with Crippen molar-refractivity contribution < 1.29 is 9.90 Å². The molecule has 0 radical (unpaired) electrons. The molecule has 2 aromatic rings. The molecule has 1 aliphatic rings. The van der Waals surface area contributed by atoms with Crippen LogP contribution in [0.25, 0.3) is 0 Å². The molecular formula is C23H33Cl2N3O2. The molecule has 0 spiro atoms. The van der Waals surface area contributed by atoms with Gasteiger partial charge in [-0.05, 0) is 61.5 Å². The lowest BCUT2D eigenvalue weighted by molar-refractivity contribution is -0.132. The minimum atomic E-state index is -0.548. The summed E-state index contributed by atoms with van der Waals surface area (Å²) in [5.41, 5.74) is 8.45. The van der Waals surface area contributed by atoms with E-state index in [2.05, 4.69) is 35.2 Å². The molecule has 30 heavy (non-hydrogen) atoms. The van der Waals surface area contributed by atoms with Gasteiger partial charge in [0.15, 0.2) is 0 Å². The molecule has 1 heterocycles. The van der Waals surface area contributed by atoms with E-state index in [1.54, 1.807) is 17.0 Å². The van der Waals surface area contributed by atoms with Crippen molar-refractivity contribution >= 4 is 30.7 Å². The fourth-order valence-electron chi connectivity index (χ4n) is 3.90. The van der Waals surface area contributed by atoms with Crippen LogP contribution in [0.1, 0.15) is 24.0 Å². The highest BCUT2D eigenvalue weighted by Crippen LogP contribution is 2.20. The number of carbonyl (C=O) groups is 1. The van der Waals surface area contributed by atoms with Crippen LogP contribution in [0.15, 0.2) is 54.6 Å². The summed E-state index contributed by atoms with van der Waals surface area (Å²) in [5.74, 6) is 0.737. The van der Waals surface area contributed by atoms with Gasteiger partial charge in [0.05, 0.1) is 6.04 Å². The van der Waals surface area contributed by atoms with E-state index in [1.165, 1.54) is 5.56 Å². The van der Waals surface area contributed by atoms with E-state index < -0.39 is 6.04 Å². The Morgan fingerprint density at radius 1 is 1.07 bits per heavy atom. The standard InChI is InChI=1S/C23H31N3O2.2ClH/c1-25(23(28)22(24)15-18-7-9-21(27)10-8-18)16-20-11-13-26(14-12-20)17-19-5-3-2-4-6-19;;/h2-10,20,22,27H,11-17,24H2,1H3;2*1H/t22-;;/m0../s1. The molecule has 0 aromatic heterocycles. The number of carbonyl (C=O) groups excluding carboxylic acids is 1. The summed E-state index contributed by atoms with van der Waals surface area (Å²) in [4.78, 5) is 16.9. The predicted octanol–water partition coefficient (Wildman–Crippen LogP) is 3.48. The molecule has 1 amide bonds. The monoisotopic (exact) mass is 453 g/mol. The van der Waals surface area contributed by atoms with E-state index in [1.807, 2.05) is 19.2 Å². The number of phenolic OH excluding ortho intramolecular Hbond substituents is 1. The topological polar surface area (TPSA) is 69.8 Å². The summed E-state index contributed by atoms with van der Waals surface area (Å²) < 4.78 is 0. The third-order valence-corrected chi connectivity index (χ3v) is 5.57. The van der Waals surface area contributed by atoms with Gasteiger partial charge >= 0.3 is 0 Å². The summed E-state index contributed by atoms with van der Waals surface area (Å²) in [6, 6.07) is 16.9. The maximum Gasteiger partial charge on any atom is 0.239 e. The number of rotatable bonds is 7. The van der Waals surface area contributed by atoms with Crippen molar-refractivity contribution in [3.8, 4) is 5.75 Å². The molecular weight excluding hydrogens is 421 g/mol. The van der Waals surface area contributed by atoms with Gasteiger partial charge in [-0.15, -0.1) is 24.8 Å². The highest BCUT2D eigenvalue weighted by atomic mass is 35.5. The van der Waals surface area contributed by atoms with Crippen molar-refractivity contribution in [2.75, 3.05) is 26.7 Å². The summed E-state index contributed by atoms with van der Waals surface area (Å²) in [5, 5.41) is 9.36. The molecule has 0 saturated carbocycles. The minimum Gasteiger partial charge on any atom is -0.508 e. The number of likely N-dealkylation sites (tertiary alicyclic amines) is 1. The molecule has 2 aromatic carbocycles. The Morgan fingerprint density at radius 3 is 2.27 bits per heavy atom. The number of hydrogen-bond donors (Lipinski definition) is 2. The van der Waals surface area contributed by atoms with E-state index in [0.717, 1.165) is 44.6 Å². The molecule has 7 heteroatoms. The number of halogens is 2. The average molecular weight is 454 g/mol. The Morgan fingerprint density at radius 2 is 1.67 bits per heavy atom. The quantitative estimate of drug-likeness (QED) is 0.672. The fraction of sp³-hybridized carbons (Fsp3) is 0.435. The largest absolute Gasteiger partial charge is 0.508 e. The first-order chi connectivity index (χ1) is 13.5. The third kappa shape index (κ3) is 7.80. The van der Waals surface area contributed by atoms with Gasteiger partial charge in [-0.1, -0.05) is 42.5 Å². The first kappa shape index (κ1) is 26.2. The third-order valence-electron chi connectivity index (χ3n) is 5.57. The molecule has 1 aliphatic heterocycles. The minimum absolute atomic E-state index is 0. The Hall–Kier alpha value is -1.79. The zero-order valence-corrected chi connectivity index (χ0v) is 19.1. The molecule has 5 nitrogen and oxygen atoms in total. The van der Waals surface area contributed by atoms with E-state index >= 15 is 0 Å². The molecule has 3 N–H and O–H groups in total. The van der Waals surface area contributed by atoms with E-state index in [4.69, 9.17) is 5.73 Å². The van der Waals surface area contributed by atoms with Gasteiger partial charge in [0, 0.05) is 20.1 Å². The van der Waals surface area contributed by atoms with Crippen molar-refractivity contribution in [1.82, 2.24) is 9.80 Å². The van der Waals surface area contributed by atoms with Crippen molar-refractivity contribution in [2.24, 2.45) is 11.7 Å². The first-order valence-corrected chi connectivity index (χ1v) is 10.1. The molecule has 0 bridgehead atoms. The van der Waals surface area contributed by atoms with Crippen molar-refractivity contribution in [3.63, 3.8) is 0 Å². The highest BCUT2D eigenvalue weighted by Gasteiger charge is 2.24. The van der Waals surface area contributed by atoms with Gasteiger partial charge in [0.25, 0.3) is 0 Å². The number of benzene rings is 2. The van der Waals surface area contributed by atoms with Crippen LogP contribution < -0.4 is 5.73 Å². The van der Waals surface area contributed by atoms with Crippen LogP contribution >= 0.6 is 24.8 Å². The normalized spacial score (nSPS) is 15.5. The van der Waals surface area contributed by atoms with Crippen LogP contribution in [-0.4, -0.2) is 53.5 Å². The van der Waals surface area contributed by atoms with Crippen LogP contribution in [-0.2, 0) is 17.8 Å². The Kier molecular flexibility index (Phi) is 11.2. The second kappa shape index (κ2) is 12.8. The molecule has 166 valence electrons. The molecule has 0 aliphatic carbocycles. The number of nitrogens with two attached hydrogens (primary N) is 1. The Labute approximate surface area is 192 Å². The zero-order valence-electron chi connectivity index (χ0n) is 17.4. The lowest BCUT2D eigenvalue weighted by Gasteiger charge is -2.34. The average Bonchev–Trinajstić information content (AvgIpc) is 2.71. The van der Waals surface area contributed by atoms with Crippen LogP contribution in [0.2, 0.25) is 0 Å². The maximum absolute atomic E-state index is 12.6. The summed E-state index contributed by atoms with van der Waals surface area (Å²) in [7, 11) is 1.86. The number of likely N-dealkylation sites (N-methyl/N-ethyl adjacent to an activating group) is 1.